The Morgan fingerprint density at radius 3 is 2.61 bits per heavy atom. The zero-order valence-electron chi connectivity index (χ0n) is 14.1. The highest BCUT2D eigenvalue weighted by Gasteiger charge is 2.28. The second kappa shape index (κ2) is 7.49. The minimum absolute atomic E-state index is 0.0748. The molecule has 0 aromatic heterocycles. The van der Waals surface area contributed by atoms with Crippen LogP contribution < -0.4 is 10.6 Å². The lowest BCUT2D eigenvalue weighted by molar-refractivity contribution is -0.122. The van der Waals surface area contributed by atoms with Gasteiger partial charge >= 0.3 is 0 Å². The highest BCUT2D eigenvalue weighted by Crippen LogP contribution is 2.31. The summed E-state index contributed by atoms with van der Waals surface area (Å²) in [6.07, 6.45) is 2.97. The number of rotatable bonds is 7. The Labute approximate surface area is 137 Å². The smallest absolute Gasteiger partial charge is 0.224 e. The number of benzene rings is 1. The van der Waals surface area contributed by atoms with E-state index < -0.39 is 0 Å². The van der Waals surface area contributed by atoms with E-state index in [9.17, 15) is 14.7 Å². The molecule has 2 amide bonds. The molecule has 3 N–H and O–H groups in total. The number of hydrogen-bond donors (Lipinski definition) is 3. The molecular formula is C18H26N2O3. The fourth-order valence-electron chi connectivity index (χ4n) is 2.47. The van der Waals surface area contributed by atoms with Crippen LogP contribution in [0.2, 0.25) is 0 Å². The van der Waals surface area contributed by atoms with Gasteiger partial charge in [-0.2, -0.15) is 0 Å². The van der Waals surface area contributed by atoms with Crippen molar-refractivity contribution >= 4 is 17.5 Å². The van der Waals surface area contributed by atoms with Crippen molar-refractivity contribution in [3.05, 3.63) is 23.3 Å². The van der Waals surface area contributed by atoms with Crippen molar-refractivity contribution in [3.63, 3.8) is 0 Å². The number of aryl methyl sites for hydroxylation is 1. The van der Waals surface area contributed by atoms with Gasteiger partial charge in [0.15, 0.2) is 0 Å². The summed E-state index contributed by atoms with van der Waals surface area (Å²) in [5, 5.41) is 15.7. The Kier molecular flexibility index (Phi) is 5.64. The van der Waals surface area contributed by atoms with E-state index in [4.69, 9.17) is 0 Å². The number of phenols is 1. The molecule has 0 radical (unpaired) electrons. The van der Waals surface area contributed by atoms with Crippen LogP contribution in [0.4, 0.5) is 5.69 Å². The average Bonchev–Trinajstić information content (AvgIpc) is 3.30. The predicted molar refractivity (Wildman–Crippen MR) is 90.5 cm³/mol. The van der Waals surface area contributed by atoms with Crippen molar-refractivity contribution in [2.75, 3.05) is 11.9 Å². The first-order valence-corrected chi connectivity index (χ1v) is 8.29. The van der Waals surface area contributed by atoms with E-state index >= 15 is 0 Å². The molecule has 0 spiro atoms. The van der Waals surface area contributed by atoms with Crippen molar-refractivity contribution in [3.8, 4) is 5.75 Å². The van der Waals surface area contributed by atoms with Gasteiger partial charge in [-0.25, -0.2) is 0 Å². The van der Waals surface area contributed by atoms with Crippen LogP contribution in [0, 0.1) is 12.8 Å². The standard InChI is InChI=1S/C18H26N2O3/c1-11(2)14-10-15(12(3)9-16(14)21)20-17(22)5-4-8-19-18(23)13-6-7-13/h9-11,13,21H,4-8H2,1-3H3,(H,19,23)(H,20,22). The summed E-state index contributed by atoms with van der Waals surface area (Å²) < 4.78 is 0. The molecule has 126 valence electrons. The molecule has 23 heavy (non-hydrogen) atoms. The maximum Gasteiger partial charge on any atom is 0.224 e. The van der Waals surface area contributed by atoms with Gasteiger partial charge in [0.25, 0.3) is 0 Å². The lowest BCUT2D eigenvalue weighted by Gasteiger charge is -2.14. The summed E-state index contributed by atoms with van der Waals surface area (Å²) in [6.45, 7) is 6.39. The molecule has 1 aromatic rings. The number of amides is 2. The van der Waals surface area contributed by atoms with E-state index in [1.165, 1.54) is 0 Å². The molecule has 5 nitrogen and oxygen atoms in total. The molecular weight excluding hydrogens is 292 g/mol. The molecule has 1 saturated carbocycles. The number of anilines is 1. The van der Waals surface area contributed by atoms with Gasteiger partial charge in [-0.05, 0) is 55.4 Å². The third kappa shape index (κ3) is 4.98. The van der Waals surface area contributed by atoms with E-state index in [1.807, 2.05) is 26.8 Å². The molecule has 0 heterocycles. The Morgan fingerprint density at radius 1 is 1.30 bits per heavy atom. The second-order valence-electron chi connectivity index (χ2n) is 6.60. The fourth-order valence-corrected chi connectivity index (χ4v) is 2.47. The molecule has 1 fully saturated rings. The van der Waals surface area contributed by atoms with Gasteiger partial charge in [-0.3, -0.25) is 9.59 Å². The lowest BCUT2D eigenvalue weighted by atomic mass is 9.99. The zero-order valence-corrected chi connectivity index (χ0v) is 14.1. The number of hydrogen-bond acceptors (Lipinski definition) is 3. The molecule has 5 heteroatoms. The van der Waals surface area contributed by atoms with Crippen molar-refractivity contribution in [1.82, 2.24) is 5.32 Å². The zero-order chi connectivity index (χ0) is 17.0. The van der Waals surface area contributed by atoms with E-state index in [-0.39, 0.29) is 29.4 Å². The number of phenolic OH excluding ortho intramolecular Hbond substituents is 1. The maximum absolute atomic E-state index is 12.0. The molecule has 0 atom stereocenters. The first-order valence-electron chi connectivity index (χ1n) is 8.29. The molecule has 0 aliphatic heterocycles. The Bertz CT molecular complexity index is 592. The number of aromatic hydroxyl groups is 1. The van der Waals surface area contributed by atoms with Crippen LogP contribution in [-0.2, 0) is 9.59 Å². The first-order chi connectivity index (χ1) is 10.9. The largest absolute Gasteiger partial charge is 0.508 e. The predicted octanol–water partition coefficient (Wildman–Crippen LogP) is 3.07. The van der Waals surface area contributed by atoms with Crippen molar-refractivity contribution in [2.24, 2.45) is 5.92 Å². The average molecular weight is 318 g/mol. The summed E-state index contributed by atoms with van der Waals surface area (Å²) in [7, 11) is 0. The third-order valence-electron chi connectivity index (χ3n) is 4.10. The van der Waals surface area contributed by atoms with E-state index in [2.05, 4.69) is 10.6 Å². The number of carbonyl (C=O) groups excluding carboxylic acids is 2. The van der Waals surface area contributed by atoms with E-state index in [1.54, 1.807) is 6.07 Å². The third-order valence-corrected chi connectivity index (χ3v) is 4.10. The highest BCUT2D eigenvalue weighted by atomic mass is 16.3. The SMILES string of the molecule is Cc1cc(O)c(C(C)C)cc1NC(=O)CCCNC(=O)C1CC1. The minimum atomic E-state index is -0.0748. The van der Waals surface area contributed by atoms with Gasteiger partial charge in [-0.15, -0.1) is 0 Å². The van der Waals surface area contributed by atoms with Crippen LogP contribution >= 0.6 is 0 Å². The quantitative estimate of drug-likeness (QED) is 0.534. The lowest BCUT2D eigenvalue weighted by Crippen LogP contribution is -2.26. The fraction of sp³-hybridized carbons (Fsp3) is 0.556. The van der Waals surface area contributed by atoms with Gasteiger partial charge in [0.1, 0.15) is 5.75 Å². The summed E-state index contributed by atoms with van der Waals surface area (Å²) in [6, 6.07) is 3.52. The Hall–Kier alpha value is -2.04. The van der Waals surface area contributed by atoms with Gasteiger partial charge in [0.05, 0.1) is 0 Å². The van der Waals surface area contributed by atoms with Gasteiger partial charge < -0.3 is 15.7 Å². The molecule has 0 saturated heterocycles. The summed E-state index contributed by atoms with van der Waals surface area (Å²) in [5.74, 6) is 0.690. The van der Waals surface area contributed by atoms with E-state index in [0.29, 0.717) is 19.4 Å². The van der Waals surface area contributed by atoms with Gasteiger partial charge in [0.2, 0.25) is 11.8 Å². The second-order valence-corrected chi connectivity index (χ2v) is 6.60. The van der Waals surface area contributed by atoms with E-state index in [0.717, 1.165) is 29.7 Å². The van der Waals surface area contributed by atoms with Crippen LogP contribution in [0.5, 0.6) is 5.75 Å². The van der Waals surface area contributed by atoms with Gasteiger partial charge in [-0.1, -0.05) is 13.8 Å². The minimum Gasteiger partial charge on any atom is -0.508 e. The molecule has 1 aliphatic rings. The number of carbonyl (C=O) groups is 2. The molecule has 1 aliphatic carbocycles. The van der Waals surface area contributed by atoms with Crippen LogP contribution in [-0.4, -0.2) is 23.5 Å². The van der Waals surface area contributed by atoms with Crippen LogP contribution in [0.15, 0.2) is 12.1 Å². The highest BCUT2D eigenvalue weighted by molar-refractivity contribution is 5.91. The maximum atomic E-state index is 12.0. The van der Waals surface area contributed by atoms with Crippen LogP contribution in [0.1, 0.15) is 56.6 Å². The molecule has 0 unspecified atom stereocenters. The van der Waals surface area contributed by atoms with Gasteiger partial charge in [0, 0.05) is 24.6 Å². The summed E-state index contributed by atoms with van der Waals surface area (Å²) in [5.41, 5.74) is 2.39. The molecule has 0 bridgehead atoms. The molecule has 1 aromatic carbocycles. The normalized spacial score (nSPS) is 13.9. The Morgan fingerprint density at radius 2 is 2.00 bits per heavy atom. The number of nitrogens with one attached hydrogen (secondary N) is 2. The topological polar surface area (TPSA) is 78.4 Å². The summed E-state index contributed by atoms with van der Waals surface area (Å²) >= 11 is 0. The monoisotopic (exact) mass is 318 g/mol. The van der Waals surface area contributed by atoms with Crippen molar-refractivity contribution in [1.29, 1.82) is 0 Å². The summed E-state index contributed by atoms with van der Waals surface area (Å²) in [4.78, 5) is 23.5. The van der Waals surface area contributed by atoms with Crippen LogP contribution in [0.25, 0.3) is 0 Å². The van der Waals surface area contributed by atoms with Crippen molar-refractivity contribution < 1.29 is 14.7 Å². The van der Waals surface area contributed by atoms with Crippen molar-refractivity contribution in [2.45, 2.75) is 52.4 Å². The first kappa shape index (κ1) is 17.3. The molecule has 2 rings (SSSR count). The van der Waals surface area contributed by atoms with Crippen LogP contribution in [0.3, 0.4) is 0 Å². The Balaban J connectivity index is 1.82.